The van der Waals surface area contributed by atoms with Crippen molar-refractivity contribution in [2.45, 2.75) is 93.8 Å². The molecule has 14 nitrogen and oxygen atoms in total. The Labute approximate surface area is 326 Å². The van der Waals surface area contributed by atoms with Gasteiger partial charge in [-0.05, 0) is 42.7 Å². The average molecular weight is 782 g/mol. The second-order valence-electron chi connectivity index (χ2n) is 14.9. The van der Waals surface area contributed by atoms with E-state index in [1.807, 2.05) is 66.7 Å². The molecule has 3 aliphatic rings. The molecule has 0 spiro atoms. The van der Waals surface area contributed by atoms with Gasteiger partial charge in [-0.15, -0.1) is 5.10 Å². The van der Waals surface area contributed by atoms with Crippen LogP contribution in [0.4, 0.5) is 4.79 Å². The number of carbonyl (C=O) groups is 4. The molecule has 2 aliphatic carbocycles. The highest BCUT2D eigenvalue weighted by Gasteiger charge is 2.46. The smallest absolute Gasteiger partial charge is 0.408 e. The van der Waals surface area contributed by atoms with Gasteiger partial charge in [0.2, 0.25) is 21.8 Å². The largest absolute Gasteiger partial charge is 0.445 e. The van der Waals surface area contributed by atoms with Gasteiger partial charge < -0.3 is 20.3 Å². The number of nitrogens with one attached hydrogen (secondary N) is 3. The van der Waals surface area contributed by atoms with E-state index in [0.29, 0.717) is 36.9 Å². The van der Waals surface area contributed by atoms with Crippen molar-refractivity contribution in [2.75, 3.05) is 6.54 Å². The average Bonchev–Trinajstić information content (AvgIpc) is 3.82. The van der Waals surface area contributed by atoms with Gasteiger partial charge >= 0.3 is 6.09 Å². The Bertz CT molecular complexity index is 2090. The summed E-state index contributed by atoms with van der Waals surface area (Å²) in [5, 5.41) is 13.8. The van der Waals surface area contributed by atoms with Gasteiger partial charge in [-0.1, -0.05) is 115 Å². The second kappa shape index (κ2) is 17.5. The van der Waals surface area contributed by atoms with Gasteiger partial charge in [0.1, 0.15) is 30.4 Å². The van der Waals surface area contributed by atoms with Crippen LogP contribution in [0.5, 0.6) is 0 Å². The molecule has 1 saturated heterocycles. The van der Waals surface area contributed by atoms with E-state index in [9.17, 15) is 27.6 Å². The van der Waals surface area contributed by atoms with Crippen LogP contribution >= 0.6 is 0 Å². The number of rotatable bonds is 14. The first-order chi connectivity index (χ1) is 27.1. The molecule has 0 unspecified atom stereocenters. The summed E-state index contributed by atoms with van der Waals surface area (Å²) >= 11 is 0. The quantitative estimate of drug-likeness (QED) is 0.168. The van der Waals surface area contributed by atoms with E-state index in [1.165, 1.54) is 4.90 Å². The topological polar surface area (TPSA) is 182 Å². The second-order valence-corrected chi connectivity index (χ2v) is 16.8. The number of amides is 4. The Morgan fingerprint density at radius 3 is 2.11 bits per heavy atom. The summed E-state index contributed by atoms with van der Waals surface area (Å²) in [6.45, 7) is 0.0938. The normalized spacial score (nSPS) is 19.8. The molecule has 4 atom stereocenters. The number of sulfonamides is 1. The van der Waals surface area contributed by atoms with E-state index >= 15 is 0 Å². The van der Waals surface area contributed by atoms with Gasteiger partial charge in [0, 0.05) is 24.9 Å². The maximum absolute atomic E-state index is 14.8. The standard InChI is InChI=1S/C41H47N7O7S/c49-38(45-56(53,54)33-21-22-33)34(23-28-13-5-1-6-14-28)42-39(50)36-24-32(48-26-35(44-46-48)30-17-9-3-10-18-30)25-47(36)40(51)37(31-19-11-4-12-20-31)43-41(52)55-27-29-15-7-2-8-16-29/h1-3,5-10,13-18,26,31-34,36-37H,4,11-12,19-25,27H2,(H,42,50)(H,43,52)(H,45,49)/t32-,34+,36-,37-/m0/s1. The molecule has 0 radical (unpaired) electrons. The molecule has 15 heteroatoms. The van der Waals surface area contributed by atoms with Gasteiger partial charge in [0.15, 0.2) is 0 Å². The zero-order valence-corrected chi connectivity index (χ0v) is 31.9. The Morgan fingerprint density at radius 1 is 0.804 bits per heavy atom. The lowest BCUT2D eigenvalue weighted by Crippen LogP contribution is -2.58. The predicted octanol–water partition coefficient (Wildman–Crippen LogP) is 4.30. The molecule has 4 amide bonds. The summed E-state index contributed by atoms with van der Waals surface area (Å²) in [6.07, 6.45) is 6.33. The first kappa shape index (κ1) is 38.7. The molecule has 7 rings (SSSR count). The van der Waals surface area contributed by atoms with Crippen molar-refractivity contribution < 1.29 is 32.3 Å². The number of nitrogens with zero attached hydrogens (tertiary/aromatic N) is 4. The van der Waals surface area contributed by atoms with Gasteiger partial charge in [-0.3, -0.25) is 19.1 Å². The summed E-state index contributed by atoms with van der Waals surface area (Å²) in [5.41, 5.74) is 2.98. The van der Waals surface area contributed by atoms with Gasteiger partial charge in [-0.25, -0.2) is 17.9 Å². The molecule has 4 aromatic rings. The third-order valence-electron chi connectivity index (χ3n) is 10.8. The van der Waals surface area contributed by atoms with Gasteiger partial charge in [0.25, 0.3) is 5.91 Å². The number of ether oxygens (including phenoxy) is 1. The first-order valence-electron chi connectivity index (χ1n) is 19.3. The van der Waals surface area contributed by atoms with Crippen LogP contribution in [0.15, 0.2) is 97.2 Å². The number of aromatic nitrogens is 3. The van der Waals surface area contributed by atoms with Crippen LogP contribution in [0.2, 0.25) is 0 Å². The van der Waals surface area contributed by atoms with Crippen LogP contribution in [-0.4, -0.2) is 82.0 Å². The summed E-state index contributed by atoms with van der Waals surface area (Å²) in [7, 11) is -3.91. The fraction of sp³-hybridized carbons (Fsp3) is 0.415. The highest BCUT2D eigenvalue weighted by Crippen LogP contribution is 2.33. The van der Waals surface area contributed by atoms with E-state index in [1.54, 1.807) is 35.1 Å². The van der Waals surface area contributed by atoms with Crippen molar-refractivity contribution >= 4 is 33.8 Å². The molecule has 2 saturated carbocycles. The van der Waals surface area contributed by atoms with Crippen molar-refractivity contribution in [3.8, 4) is 11.3 Å². The highest BCUT2D eigenvalue weighted by molar-refractivity contribution is 7.90. The summed E-state index contributed by atoms with van der Waals surface area (Å²) in [6, 6.07) is 23.9. The Morgan fingerprint density at radius 2 is 1.45 bits per heavy atom. The first-order valence-corrected chi connectivity index (χ1v) is 20.8. The molecule has 294 valence electrons. The van der Waals surface area contributed by atoms with Crippen LogP contribution in [0.1, 0.15) is 68.5 Å². The lowest BCUT2D eigenvalue weighted by Gasteiger charge is -2.34. The summed E-state index contributed by atoms with van der Waals surface area (Å²) < 4.78 is 35.0. The number of hydrogen-bond acceptors (Lipinski definition) is 9. The summed E-state index contributed by atoms with van der Waals surface area (Å²) in [5.74, 6) is -2.12. The lowest BCUT2D eigenvalue weighted by atomic mass is 9.83. The predicted molar refractivity (Wildman–Crippen MR) is 207 cm³/mol. The fourth-order valence-corrected chi connectivity index (χ4v) is 8.96. The molecule has 3 N–H and O–H groups in total. The number of benzene rings is 3. The van der Waals surface area contributed by atoms with E-state index in [0.717, 1.165) is 30.4 Å². The zero-order chi connectivity index (χ0) is 39.1. The van der Waals surface area contributed by atoms with Crippen LogP contribution in [0.25, 0.3) is 11.3 Å². The third kappa shape index (κ3) is 9.62. The molecule has 1 aromatic heterocycles. The maximum Gasteiger partial charge on any atom is 0.408 e. The van der Waals surface area contributed by atoms with E-state index in [4.69, 9.17) is 4.74 Å². The van der Waals surface area contributed by atoms with Crippen LogP contribution in [-0.2, 0) is 42.2 Å². The van der Waals surface area contributed by atoms with E-state index in [-0.39, 0.29) is 31.9 Å². The van der Waals surface area contributed by atoms with Crippen molar-refractivity contribution in [1.29, 1.82) is 0 Å². The highest BCUT2D eigenvalue weighted by atomic mass is 32.2. The molecule has 3 fully saturated rings. The number of alkyl carbamates (subject to hydrolysis) is 1. The van der Waals surface area contributed by atoms with Crippen LogP contribution in [0, 0.1) is 5.92 Å². The minimum Gasteiger partial charge on any atom is -0.445 e. The molecular formula is C41H47N7O7S. The van der Waals surface area contributed by atoms with Crippen LogP contribution in [0.3, 0.4) is 0 Å². The minimum atomic E-state index is -3.91. The molecular weight excluding hydrogens is 735 g/mol. The number of carbonyl (C=O) groups excluding carboxylic acids is 4. The van der Waals surface area contributed by atoms with Crippen molar-refractivity contribution in [2.24, 2.45) is 5.92 Å². The molecule has 3 aromatic carbocycles. The summed E-state index contributed by atoms with van der Waals surface area (Å²) in [4.78, 5) is 57.7. The van der Waals surface area contributed by atoms with Crippen molar-refractivity contribution in [3.05, 3.63) is 108 Å². The maximum atomic E-state index is 14.8. The fourth-order valence-electron chi connectivity index (χ4n) is 7.61. The molecule has 0 bridgehead atoms. The number of likely N-dealkylation sites (tertiary alicyclic amines) is 1. The van der Waals surface area contributed by atoms with E-state index in [2.05, 4.69) is 25.7 Å². The molecule has 1 aliphatic heterocycles. The third-order valence-corrected chi connectivity index (χ3v) is 12.6. The number of hydrogen-bond donors (Lipinski definition) is 3. The zero-order valence-electron chi connectivity index (χ0n) is 31.0. The SMILES string of the molecule is O=C(N[C@H](C(=O)N1C[C@@H](n2cc(-c3ccccc3)nn2)C[C@H]1C(=O)N[C@H](Cc1ccccc1)C(=O)NS(=O)(=O)C1CC1)C1CCCCC1)OCc1ccccc1. The van der Waals surface area contributed by atoms with Crippen molar-refractivity contribution in [1.82, 2.24) is 35.2 Å². The molecule has 2 heterocycles. The van der Waals surface area contributed by atoms with Crippen molar-refractivity contribution in [3.63, 3.8) is 0 Å². The Hall–Kier alpha value is -5.57. The lowest BCUT2D eigenvalue weighted by molar-refractivity contribution is -0.142. The van der Waals surface area contributed by atoms with Crippen LogP contribution < -0.4 is 15.4 Å². The van der Waals surface area contributed by atoms with Gasteiger partial charge in [-0.2, -0.15) is 0 Å². The minimum absolute atomic E-state index is 0.0196. The Balaban J connectivity index is 1.16. The molecule has 56 heavy (non-hydrogen) atoms. The monoisotopic (exact) mass is 781 g/mol. The van der Waals surface area contributed by atoms with E-state index < -0.39 is 63.3 Å². The van der Waals surface area contributed by atoms with Gasteiger partial charge in [0.05, 0.1) is 17.5 Å². The Kier molecular flexibility index (Phi) is 12.1.